The third-order valence-corrected chi connectivity index (χ3v) is 1.50. The molecule has 0 rings (SSSR count). The van der Waals surface area contributed by atoms with Crippen LogP contribution in [0, 0.1) is 0 Å². The number of carboxylic acid groups (broad SMARTS) is 1. The summed E-state index contributed by atoms with van der Waals surface area (Å²) in [5, 5.41) is 6.89. The van der Waals surface area contributed by atoms with Crippen molar-refractivity contribution in [3.05, 3.63) is 0 Å². The molecule has 0 amide bonds. The van der Waals surface area contributed by atoms with Crippen molar-refractivity contribution >= 4 is 29.1 Å². The molecule has 0 heterocycles. The Kier molecular flexibility index (Phi) is 20.8. The Balaban J connectivity index is 0. The van der Waals surface area contributed by atoms with E-state index in [9.17, 15) is 0 Å². The smallest absolute Gasteiger partial charge is 0.290 e. The Morgan fingerprint density at radius 3 is 2.11 bits per heavy atom. The zero-order chi connectivity index (χ0) is 7.54. The van der Waals surface area contributed by atoms with Crippen LogP contribution in [0.3, 0.4) is 0 Å². The monoisotopic (exact) mass is 244 g/mol. The highest BCUT2D eigenvalue weighted by molar-refractivity contribution is 14.1. The van der Waals surface area contributed by atoms with E-state index in [0.717, 1.165) is 0 Å². The largest absolute Gasteiger partial charge is 0.483 e. The molecule has 0 atom stereocenters. The van der Waals surface area contributed by atoms with E-state index >= 15 is 0 Å². The summed E-state index contributed by atoms with van der Waals surface area (Å²) in [6, 6.07) is 0. The molecule has 9 heavy (non-hydrogen) atoms. The van der Waals surface area contributed by atoms with Crippen molar-refractivity contribution in [1.29, 1.82) is 0 Å². The number of carbonyl (C=O) groups is 1. The molecular formula is C6H13IO2. The average Bonchev–Trinajstić information content (AvgIpc) is 1.86. The SMILES string of the molecule is CCCCCI.O=CO. The highest BCUT2D eigenvalue weighted by Crippen LogP contribution is 1.96. The third-order valence-electron chi connectivity index (χ3n) is 0.737. The number of hydrogen-bond donors (Lipinski definition) is 1. The van der Waals surface area contributed by atoms with Crippen molar-refractivity contribution in [2.24, 2.45) is 0 Å². The first-order chi connectivity index (χ1) is 4.33. The molecule has 1 N–H and O–H groups in total. The Morgan fingerprint density at radius 2 is 2.00 bits per heavy atom. The van der Waals surface area contributed by atoms with Crippen LogP contribution in [0.2, 0.25) is 0 Å². The molecule has 3 heteroatoms. The van der Waals surface area contributed by atoms with Crippen LogP contribution >= 0.6 is 22.6 Å². The second kappa shape index (κ2) is 15.7. The van der Waals surface area contributed by atoms with Crippen molar-refractivity contribution in [3.8, 4) is 0 Å². The van der Waals surface area contributed by atoms with Gasteiger partial charge in [-0.05, 0) is 10.8 Å². The van der Waals surface area contributed by atoms with Gasteiger partial charge in [0.2, 0.25) is 0 Å². The maximum atomic E-state index is 8.36. The van der Waals surface area contributed by atoms with Crippen LogP contribution in [-0.2, 0) is 4.79 Å². The summed E-state index contributed by atoms with van der Waals surface area (Å²) in [6.45, 7) is 1.98. The van der Waals surface area contributed by atoms with Crippen molar-refractivity contribution in [2.75, 3.05) is 4.43 Å². The molecule has 0 fully saturated rings. The quantitative estimate of drug-likeness (QED) is 0.358. The Labute approximate surface area is 69.8 Å². The van der Waals surface area contributed by atoms with Crippen LogP contribution in [0.4, 0.5) is 0 Å². The van der Waals surface area contributed by atoms with Gasteiger partial charge in [0.15, 0.2) is 0 Å². The summed E-state index contributed by atoms with van der Waals surface area (Å²) in [6.07, 6.45) is 4.16. The third kappa shape index (κ3) is 30.8. The molecule has 0 radical (unpaired) electrons. The summed E-state index contributed by atoms with van der Waals surface area (Å²) in [4.78, 5) is 8.36. The van der Waals surface area contributed by atoms with Gasteiger partial charge in [-0.1, -0.05) is 42.4 Å². The molecule has 0 unspecified atom stereocenters. The molecule has 0 aliphatic carbocycles. The zero-order valence-electron chi connectivity index (χ0n) is 5.64. The molecule has 0 aromatic carbocycles. The van der Waals surface area contributed by atoms with Gasteiger partial charge in [0.1, 0.15) is 0 Å². The van der Waals surface area contributed by atoms with Gasteiger partial charge in [0.05, 0.1) is 0 Å². The minimum atomic E-state index is -0.250. The number of unbranched alkanes of at least 4 members (excludes halogenated alkanes) is 2. The van der Waals surface area contributed by atoms with E-state index in [-0.39, 0.29) is 6.47 Å². The van der Waals surface area contributed by atoms with E-state index < -0.39 is 0 Å². The molecule has 0 aromatic heterocycles. The highest BCUT2D eigenvalue weighted by atomic mass is 127. The second-order valence-corrected chi connectivity index (χ2v) is 2.58. The summed E-state index contributed by atoms with van der Waals surface area (Å²) >= 11 is 2.41. The fourth-order valence-electron chi connectivity index (χ4n) is 0.344. The average molecular weight is 244 g/mol. The first-order valence-electron chi connectivity index (χ1n) is 2.97. The molecule has 0 aliphatic heterocycles. The van der Waals surface area contributed by atoms with Crippen LogP contribution in [0.25, 0.3) is 0 Å². The summed E-state index contributed by atoms with van der Waals surface area (Å²) in [7, 11) is 0. The van der Waals surface area contributed by atoms with E-state index in [1.807, 2.05) is 0 Å². The Morgan fingerprint density at radius 1 is 1.56 bits per heavy atom. The first kappa shape index (κ1) is 11.9. The molecule has 56 valence electrons. The van der Waals surface area contributed by atoms with Crippen LogP contribution in [0.1, 0.15) is 26.2 Å². The van der Waals surface area contributed by atoms with Gasteiger partial charge in [-0.25, -0.2) is 0 Å². The zero-order valence-corrected chi connectivity index (χ0v) is 7.80. The van der Waals surface area contributed by atoms with E-state index in [1.54, 1.807) is 0 Å². The van der Waals surface area contributed by atoms with Gasteiger partial charge in [-0.15, -0.1) is 0 Å². The standard InChI is InChI=1S/C5H11I.CH2O2/c1-2-3-4-5-6;2-1-3/h2-5H2,1H3;1H,(H,2,3). The van der Waals surface area contributed by atoms with Gasteiger partial charge >= 0.3 is 0 Å². The summed E-state index contributed by atoms with van der Waals surface area (Å²) in [5.41, 5.74) is 0. The minimum Gasteiger partial charge on any atom is -0.483 e. The lowest BCUT2D eigenvalue weighted by Gasteiger charge is -1.85. The van der Waals surface area contributed by atoms with E-state index in [0.29, 0.717) is 0 Å². The van der Waals surface area contributed by atoms with Crippen molar-refractivity contribution in [1.82, 2.24) is 0 Å². The molecule has 0 spiro atoms. The second-order valence-electron chi connectivity index (χ2n) is 1.50. The van der Waals surface area contributed by atoms with Crippen molar-refractivity contribution in [2.45, 2.75) is 26.2 Å². The topological polar surface area (TPSA) is 37.3 Å². The minimum absolute atomic E-state index is 0.250. The Hall–Kier alpha value is 0.200. The number of halogens is 1. The number of alkyl halides is 1. The van der Waals surface area contributed by atoms with Gasteiger partial charge in [-0.2, -0.15) is 0 Å². The normalized spacial score (nSPS) is 7.33. The van der Waals surface area contributed by atoms with Gasteiger partial charge < -0.3 is 5.11 Å². The Bertz CT molecular complexity index is 44.3. The fourth-order valence-corrected chi connectivity index (χ4v) is 0.884. The van der Waals surface area contributed by atoms with Crippen LogP contribution < -0.4 is 0 Å². The van der Waals surface area contributed by atoms with Crippen molar-refractivity contribution in [3.63, 3.8) is 0 Å². The number of rotatable bonds is 3. The fraction of sp³-hybridized carbons (Fsp3) is 0.833. The van der Waals surface area contributed by atoms with Crippen LogP contribution in [0.5, 0.6) is 0 Å². The van der Waals surface area contributed by atoms with Gasteiger partial charge in [-0.3, -0.25) is 4.79 Å². The molecular weight excluding hydrogens is 231 g/mol. The molecule has 0 saturated heterocycles. The summed E-state index contributed by atoms with van der Waals surface area (Å²) in [5.74, 6) is 0. The number of hydrogen-bond acceptors (Lipinski definition) is 1. The maximum absolute atomic E-state index is 8.36. The van der Waals surface area contributed by atoms with E-state index in [1.165, 1.54) is 23.7 Å². The van der Waals surface area contributed by atoms with Gasteiger partial charge in [0, 0.05) is 0 Å². The van der Waals surface area contributed by atoms with Gasteiger partial charge in [0.25, 0.3) is 6.47 Å². The van der Waals surface area contributed by atoms with E-state index in [2.05, 4.69) is 29.5 Å². The molecule has 2 nitrogen and oxygen atoms in total. The molecule has 0 saturated carbocycles. The predicted molar refractivity (Wildman–Crippen MR) is 47.1 cm³/mol. The lowest BCUT2D eigenvalue weighted by molar-refractivity contribution is -0.122. The molecule has 0 aromatic rings. The summed E-state index contributed by atoms with van der Waals surface area (Å²) < 4.78 is 1.32. The van der Waals surface area contributed by atoms with Crippen LogP contribution in [0.15, 0.2) is 0 Å². The molecule has 0 aliphatic rings. The predicted octanol–water partition coefficient (Wildman–Crippen LogP) is 2.31. The van der Waals surface area contributed by atoms with Crippen LogP contribution in [-0.4, -0.2) is 16.0 Å². The lowest BCUT2D eigenvalue weighted by atomic mass is 10.3. The maximum Gasteiger partial charge on any atom is 0.290 e. The molecule has 0 bridgehead atoms. The first-order valence-corrected chi connectivity index (χ1v) is 4.49. The lowest BCUT2D eigenvalue weighted by Crippen LogP contribution is -1.70. The van der Waals surface area contributed by atoms with E-state index in [4.69, 9.17) is 9.90 Å². The van der Waals surface area contributed by atoms with Crippen molar-refractivity contribution < 1.29 is 9.90 Å². The highest BCUT2D eigenvalue weighted by Gasteiger charge is 1.76.